The lowest BCUT2D eigenvalue weighted by atomic mass is 10.2. The third-order valence-corrected chi connectivity index (χ3v) is 3.60. The van der Waals surface area contributed by atoms with Crippen molar-refractivity contribution in [3.63, 3.8) is 0 Å². The molecule has 0 unspecified atom stereocenters. The zero-order valence-electron chi connectivity index (χ0n) is 9.65. The number of carbonyl (C=O) groups excluding carboxylic acids is 1. The van der Waals surface area contributed by atoms with Crippen molar-refractivity contribution in [2.45, 2.75) is 6.54 Å². The number of aromatic amines is 1. The van der Waals surface area contributed by atoms with Gasteiger partial charge in [-0.05, 0) is 34.1 Å². The minimum absolute atomic E-state index is 0.0502. The number of carbonyl (C=O) groups is 1. The highest BCUT2D eigenvalue weighted by atomic mass is 79.9. The molecule has 94 valence electrons. The van der Waals surface area contributed by atoms with Crippen LogP contribution in [0.4, 0.5) is 0 Å². The van der Waals surface area contributed by atoms with Crippen molar-refractivity contribution < 1.29 is 4.79 Å². The molecule has 2 rings (SSSR count). The lowest BCUT2D eigenvalue weighted by Gasteiger charge is -2.16. The first-order valence-corrected chi connectivity index (χ1v) is 6.85. The molecule has 1 heterocycles. The van der Waals surface area contributed by atoms with Crippen LogP contribution < -0.4 is 0 Å². The molecule has 0 atom stereocenters. The van der Waals surface area contributed by atoms with Crippen LogP contribution in [0.2, 0.25) is 0 Å². The molecule has 1 aromatic heterocycles. The number of hydrogen-bond donors (Lipinski definition) is 1. The predicted octanol–water partition coefficient (Wildman–Crippen LogP) is 3.21. The summed E-state index contributed by atoms with van der Waals surface area (Å²) in [4.78, 5) is 20.9. The van der Waals surface area contributed by atoms with E-state index in [9.17, 15) is 4.79 Å². The molecular weight excluding hydrogens is 362 g/mol. The van der Waals surface area contributed by atoms with Crippen LogP contribution in [-0.2, 0) is 6.54 Å². The number of nitrogens with one attached hydrogen (secondary N) is 1. The maximum Gasteiger partial charge on any atom is 0.255 e. The van der Waals surface area contributed by atoms with Crippen LogP contribution in [0.5, 0.6) is 0 Å². The second kappa shape index (κ2) is 5.67. The Balaban J connectivity index is 2.15. The van der Waals surface area contributed by atoms with E-state index in [4.69, 9.17) is 0 Å². The van der Waals surface area contributed by atoms with Crippen LogP contribution >= 0.6 is 31.9 Å². The Kier molecular flexibility index (Phi) is 4.19. The predicted molar refractivity (Wildman–Crippen MR) is 76.2 cm³/mol. The average Bonchev–Trinajstić information content (AvgIpc) is 2.81. The second-order valence-electron chi connectivity index (χ2n) is 3.82. The molecule has 6 heteroatoms. The van der Waals surface area contributed by atoms with Gasteiger partial charge in [-0.15, -0.1) is 0 Å². The number of aromatic nitrogens is 2. The van der Waals surface area contributed by atoms with Gasteiger partial charge < -0.3 is 9.88 Å². The van der Waals surface area contributed by atoms with E-state index in [0.717, 1.165) is 14.8 Å². The highest BCUT2D eigenvalue weighted by Gasteiger charge is 2.15. The minimum atomic E-state index is -0.0502. The third-order valence-electron chi connectivity index (χ3n) is 2.45. The summed E-state index contributed by atoms with van der Waals surface area (Å²) < 4.78 is 1.70. The van der Waals surface area contributed by atoms with Crippen molar-refractivity contribution in [2.75, 3.05) is 7.05 Å². The smallest absolute Gasteiger partial charge is 0.255 e. The Hall–Kier alpha value is -1.14. The summed E-state index contributed by atoms with van der Waals surface area (Å²) in [6, 6.07) is 5.49. The molecule has 4 nitrogen and oxygen atoms in total. The summed E-state index contributed by atoms with van der Waals surface area (Å²) in [5.41, 5.74) is 0.632. The number of halogens is 2. The highest BCUT2D eigenvalue weighted by Crippen LogP contribution is 2.23. The van der Waals surface area contributed by atoms with E-state index in [2.05, 4.69) is 41.8 Å². The van der Waals surface area contributed by atoms with Gasteiger partial charge in [-0.1, -0.05) is 15.9 Å². The maximum atomic E-state index is 12.2. The van der Waals surface area contributed by atoms with Crippen molar-refractivity contribution in [3.8, 4) is 0 Å². The van der Waals surface area contributed by atoms with Crippen LogP contribution in [0.15, 0.2) is 39.5 Å². The van der Waals surface area contributed by atoms with Gasteiger partial charge in [0.1, 0.15) is 5.82 Å². The molecule has 0 bridgehead atoms. The van der Waals surface area contributed by atoms with Gasteiger partial charge in [0.2, 0.25) is 0 Å². The van der Waals surface area contributed by atoms with Gasteiger partial charge in [0, 0.05) is 28.4 Å². The number of hydrogen-bond acceptors (Lipinski definition) is 2. The number of H-pyrrole nitrogens is 1. The topological polar surface area (TPSA) is 49.0 Å². The van der Waals surface area contributed by atoms with Crippen molar-refractivity contribution in [3.05, 3.63) is 50.9 Å². The standard InChI is InChI=1S/C12H11Br2N3O/c1-17(7-11-15-4-5-16-11)12(18)9-3-2-8(13)6-10(9)14/h2-6H,7H2,1H3,(H,15,16). The van der Waals surface area contributed by atoms with Crippen molar-refractivity contribution >= 4 is 37.8 Å². The number of rotatable bonds is 3. The first-order valence-electron chi connectivity index (χ1n) is 5.26. The molecule has 1 amide bonds. The summed E-state index contributed by atoms with van der Waals surface area (Å²) in [5, 5.41) is 0. The summed E-state index contributed by atoms with van der Waals surface area (Å²) in [5.74, 6) is 0.713. The van der Waals surface area contributed by atoms with Gasteiger partial charge in [-0.2, -0.15) is 0 Å². The van der Waals surface area contributed by atoms with E-state index >= 15 is 0 Å². The van der Waals surface area contributed by atoms with Gasteiger partial charge >= 0.3 is 0 Å². The van der Waals surface area contributed by atoms with Gasteiger partial charge in [0.15, 0.2) is 0 Å². The summed E-state index contributed by atoms with van der Waals surface area (Å²) >= 11 is 6.75. The van der Waals surface area contributed by atoms with E-state index in [0.29, 0.717) is 12.1 Å². The molecule has 0 radical (unpaired) electrons. The lowest BCUT2D eigenvalue weighted by molar-refractivity contribution is 0.0781. The molecule has 0 fully saturated rings. The monoisotopic (exact) mass is 371 g/mol. The van der Waals surface area contributed by atoms with Gasteiger partial charge in [-0.3, -0.25) is 4.79 Å². The average molecular weight is 373 g/mol. The van der Waals surface area contributed by atoms with Crippen LogP contribution in [0.1, 0.15) is 16.2 Å². The highest BCUT2D eigenvalue weighted by molar-refractivity contribution is 9.11. The first-order chi connectivity index (χ1) is 8.58. The quantitative estimate of drug-likeness (QED) is 0.899. The molecule has 0 aliphatic carbocycles. The normalized spacial score (nSPS) is 10.4. The second-order valence-corrected chi connectivity index (χ2v) is 5.59. The van der Waals surface area contributed by atoms with Crippen molar-refractivity contribution in [2.24, 2.45) is 0 Å². The molecule has 2 aromatic rings. The number of nitrogens with zero attached hydrogens (tertiary/aromatic N) is 2. The maximum absolute atomic E-state index is 12.2. The summed E-state index contributed by atoms with van der Waals surface area (Å²) in [6.07, 6.45) is 3.41. The largest absolute Gasteiger partial charge is 0.347 e. The van der Waals surface area contributed by atoms with E-state index in [1.165, 1.54) is 0 Å². The Morgan fingerprint density at radius 2 is 2.22 bits per heavy atom. The molecular formula is C12H11Br2N3O. The zero-order chi connectivity index (χ0) is 13.1. The fourth-order valence-corrected chi connectivity index (χ4v) is 2.77. The van der Waals surface area contributed by atoms with Crippen molar-refractivity contribution in [1.29, 1.82) is 0 Å². The van der Waals surface area contributed by atoms with Crippen LogP contribution in [-0.4, -0.2) is 27.8 Å². The van der Waals surface area contributed by atoms with E-state index in [-0.39, 0.29) is 5.91 Å². The van der Waals surface area contributed by atoms with Crippen LogP contribution in [0.3, 0.4) is 0 Å². The Labute approximate surface area is 122 Å². The van der Waals surface area contributed by atoms with Crippen molar-refractivity contribution in [1.82, 2.24) is 14.9 Å². The molecule has 0 saturated carbocycles. The van der Waals surface area contributed by atoms with E-state index in [1.54, 1.807) is 30.4 Å². The van der Waals surface area contributed by atoms with Crippen LogP contribution in [0, 0.1) is 0 Å². The zero-order valence-corrected chi connectivity index (χ0v) is 12.8. The Morgan fingerprint density at radius 3 is 2.83 bits per heavy atom. The van der Waals surface area contributed by atoms with Gasteiger partial charge in [0.25, 0.3) is 5.91 Å². The number of imidazole rings is 1. The SMILES string of the molecule is CN(Cc1ncc[nH]1)C(=O)c1ccc(Br)cc1Br. The van der Waals surface area contributed by atoms with E-state index in [1.807, 2.05) is 12.1 Å². The first kappa shape index (κ1) is 13.3. The summed E-state index contributed by atoms with van der Waals surface area (Å²) in [7, 11) is 1.75. The molecule has 1 N–H and O–H groups in total. The molecule has 0 spiro atoms. The molecule has 0 aliphatic rings. The fourth-order valence-electron chi connectivity index (χ4n) is 1.55. The molecule has 18 heavy (non-hydrogen) atoms. The number of benzene rings is 1. The lowest BCUT2D eigenvalue weighted by Crippen LogP contribution is -2.27. The molecule has 1 aromatic carbocycles. The Bertz CT molecular complexity index is 554. The molecule has 0 saturated heterocycles. The van der Waals surface area contributed by atoms with Crippen LogP contribution in [0.25, 0.3) is 0 Å². The summed E-state index contributed by atoms with van der Waals surface area (Å²) in [6.45, 7) is 0.453. The Morgan fingerprint density at radius 1 is 1.44 bits per heavy atom. The molecule has 0 aliphatic heterocycles. The fraction of sp³-hybridized carbons (Fsp3) is 0.167. The third kappa shape index (κ3) is 3.00. The van der Waals surface area contributed by atoms with Gasteiger partial charge in [0.05, 0.1) is 12.1 Å². The number of amides is 1. The van der Waals surface area contributed by atoms with E-state index < -0.39 is 0 Å². The minimum Gasteiger partial charge on any atom is -0.347 e. The van der Waals surface area contributed by atoms with Gasteiger partial charge in [-0.25, -0.2) is 4.98 Å².